The average Bonchev–Trinajstić information content (AvgIpc) is 2.63. The molecule has 0 amide bonds. The molecule has 0 saturated carbocycles. The number of nitriles is 1. The van der Waals surface area contributed by atoms with Gasteiger partial charge in [-0.3, -0.25) is 4.21 Å². The Labute approximate surface area is 143 Å². The minimum atomic E-state index is -1.32. The van der Waals surface area contributed by atoms with Crippen LogP contribution in [0.15, 0.2) is 83.8 Å². The molecule has 0 aromatic heterocycles. The van der Waals surface area contributed by atoms with E-state index in [9.17, 15) is 9.47 Å². The van der Waals surface area contributed by atoms with Crippen LogP contribution in [0.2, 0.25) is 0 Å². The van der Waals surface area contributed by atoms with Gasteiger partial charge in [-0.1, -0.05) is 48.5 Å². The van der Waals surface area contributed by atoms with Gasteiger partial charge in [0.2, 0.25) is 0 Å². The Balaban J connectivity index is 1.87. The molecule has 0 spiro atoms. The maximum atomic E-state index is 12.7. The molecule has 3 rings (SSSR count). The van der Waals surface area contributed by atoms with Gasteiger partial charge in [-0.25, -0.2) is 0 Å². The van der Waals surface area contributed by atoms with E-state index in [1.54, 1.807) is 18.2 Å². The van der Waals surface area contributed by atoms with Crippen molar-refractivity contribution in [2.75, 3.05) is 0 Å². The molecular formula is C20H15NO2S. The van der Waals surface area contributed by atoms with E-state index in [2.05, 4.69) is 6.07 Å². The fraction of sp³-hybridized carbons (Fsp3) is 0.0500. The fourth-order valence-electron chi connectivity index (χ4n) is 2.27. The van der Waals surface area contributed by atoms with Crippen molar-refractivity contribution in [1.29, 1.82) is 5.26 Å². The van der Waals surface area contributed by atoms with Crippen LogP contribution in [0.3, 0.4) is 0 Å². The van der Waals surface area contributed by atoms with Crippen LogP contribution in [0.1, 0.15) is 11.1 Å². The van der Waals surface area contributed by atoms with Crippen LogP contribution in [-0.4, -0.2) is 4.21 Å². The van der Waals surface area contributed by atoms with Crippen LogP contribution < -0.4 is 4.74 Å². The van der Waals surface area contributed by atoms with Gasteiger partial charge in [0.05, 0.1) is 27.0 Å². The number of hydrogen-bond acceptors (Lipinski definition) is 3. The maximum Gasteiger partial charge on any atom is 0.128 e. The Kier molecular flexibility index (Phi) is 5.05. The highest BCUT2D eigenvalue weighted by molar-refractivity contribution is 7.84. The van der Waals surface area contributed by atoms with E-state index < -0.39 is 10.8 Å². The van der Waals surface area contributed by atoms with Crippen molar-refractivity contribution in [3.05, 3.63) is 90.0 Å². The van der Waals surface area contributed by atoms with E-state index in [1.807, 2.05) is 60.7 Å². The Morgan fingerprint density at radius 3 is 2.21 bits per heavy atom. The van der Waals surface area contributed by atoms with Crippen molar-refractivity contribution in [3.63, 3.8) is 0 Å². The van der Waals surface area contributed by atoms with Crippen LogP contribution in [0.25, 0.3) is 0 Å². The van der Waals surface area contributed by atoms with Crippen LogP contribution >= 0.6 is 0 Å². The van der Waals surface area contributed by atoms with Crippen molar-refractivity contribution < 1.29 is 8.95 Å². The van der Waals surface area contributed by atoms with Crippen molar-refractivity contribution in [1.82, 2.24) is 0 Å². The van der Waals surface area contributed by atoms with E-state index in [0.29, 0.717) is 27.7 Å². The van der Waals surface area contributed by atoms with Gasteiger partial charge in [0.25, 0.3) is 0 Å². The lowest BCUT2D eigenvalue weighted by Crippen LogP contribution is -2.00. The first-order valence-electron chi connectivity index (χ1n) is 7.45. The molecule has 24 heavy (non-hydrogen) atoms. The van der Waals surface area contributed by atoms with Crippen molar-refractivity contribution in [3.8, 4) is 17.6 Å². The minimum absolute atomic E-state index is 0.365. The molecular weight excluding hydrogens is 318 g/mol. The van der Waals surface area contributed by atoms with E-state index in [4.69, 9.17) is 4.74 Å². The van der Waals surface area contributed by atoms with Crippen LogP contribution in [0.5, 0.6) is 11.5 Å². The third-order valence-corrected chi connectivity index (χ3v) is 4.86. The number of nitrogens with zero attached hydrogens (tertiary/aromatic N) is 1. The molecule has 0 unspecified atom stereocenters. The van der Waals surface area contributed by atoms with Gasteiger partial charge in [0.1, 0.15) is 17.6 Å². The second-order valence-corrected chi connectivity index (χ2v) is 6.58. The number of para-hydroxylation sites is 1. The highest BCUT2D eigenvalue weighted by Crippen LogP contribution is 2.26. The molecule has 0 saturated heterocycles. The smallest absolute Gasteiger partial charge is 0.128 e. The second kappa shape index (κ2) is 7.58. The van der Waals surface area contributed by atoms with Gasteiger partial charge in [-0.05, 0) is 35.9 Å². The van der Waals surface area contributed by atoms with Gasteiger partial charge in [-0.15, -0.1) is 0 Å². The summed E-state index contributed by atoms with van der Waals surface area (Å²) in [6.45, 7) is 0. The molecule has 4 heteroatoms. The Bertz CT molecular complexity index is 887. The lowest BCUT2D eigenvalue weighted by Gasteiger charge is -2.09. The van der Waals surface area contributed by atoms with Gasteiger partial charge in [0, 0.05) is 0 Å². The molecule has 0 aliphatic rings. The molecule has 0 N–H and O–H groups in total. The maximum absolute atomic E-state index is 12.7. The Morgan fingerprint density at radius 1 is 0.875 bits per heavy atom. The standard InChI is InChI=1S/C20H15NO2S/c21-14-17-11-12-19(23-18-9-5-2-6-10-18)13-20(17)24(22)15-16-7-3-1-4-8-16/h1-13H,15H2/t24-/m0/s1. The molecule has 0 radical (unpaired) electrons. The van der Waals surface area contributed by atoms with Gasteiger partial charge >= 0.3 is 0 Å². The Morgan fingerprint density at radius 2 is 1.54 bits per heavy atom. The summed E-state index contributed by atoms with van der Waals surface area (Å²) in [7, 11) is -1.32. The number of ether oxygens (including phenoxy) is 1. The first kappa shape index (κ1) is 16.0. The third-order valence-electron chi connectivity index (χ3n) is 3.44. The third kappa shape index (κ3) is 3.89. The van der Waals surface area contributed by atoms with E-state index >= 15 is 0 Å². The van der Waals surface area contributed by atoms with Gasteiger partial charge in [0.15, 0.2) is 0 Å². The summed E-state index contributed by atoms with van der Waals surface area (Å²) in [6, 6.07) is 26.1. The summed E-state index contributed by atoms with van der Waals surface area (Å²) in [5, 5.41) is 9.29. The minimum Gasteiger partial charge on any atom is -0.457 e. The highest BCUT2D eigenvalue weighted by Gasteiger charge is 2.12. The summed E-state index contributed by atoms with van der Waals surface area (Å²) in [5.41, 5.74) is 1.37. The van der Waals surface area contributed by atoms with Gasteiger partial charge < -0.3 is 4.74 Å². The predicted octanol–water partition coefficient (Wildman–Crippen LogP) is 4.66. The topological polar surface area (TPSA) is 50.1 Å². The summed E-state index contributed by atoms with van der Waals surface area (Å²) in [4.78, 5) is 0.495. The van der Waals surface area contributed by atoms with Crippen LogP contribution in [0, 0.1) is 11.3 Å². The molecule has 0 fully saturated rings. The fourth-order valence-corrected chi connectivity index (χ4v) is 3.53. The molecule has 0 aliphatic heterocycles. The Hall–Kier alpha value is -2.90. The zero-order valence-electron chi connectivity index (χ0n) is 12.9. The quantitative estimate of drug-likeness (QED) is 0.682. The van der Waals surface area contributed by atoms with E-state index in [1.165, 1.54) is 0 Å². The van der Waals surface area contributed by atoms with Crippen LogP contribution in [-0.2, 0) is 16.6 Å². The first-order chi connectivity index (χ1) is 11.8. The summed E-state index contributed by atoms with van der Waals surface area (Å²) >= 11 is 0. The van der Waals surface area contributed by atoms with Gasteiger partial charge in [-0.2, -0.15) is 5.26 Å². The lowest BCUT2D eigenvalue weighted by atomic mass is 10.2. The summed E-state index contributed by atoms with van der Waals surface area (Å²) in [5.74, 6) is 1.63. The van der Waals surface area contributed by atoms with E-state index in [-0.39, 0.29) is 0 Å². The average molecular weight is 333 g/mol. The molecule has 0 aliphatic carbocycles. The molecule has 3 aromatic carbocycles. The van der Waals surface area contributed by atoms with Crippen LogP contribution in [0.4, 0.5) is 0 Å². The SMILES string of the molecule is N#Cc1ccc(Oc2ccccc2)cc1[S@@](=O)Cc1ccccc1. The predicted molar refractivity (Wildman–Crippen MR) is 94.2 cm³/mol. The lowest BCUT2D eigenvalue weighted by molar-refractivity contribution is 0.481. The van der Waals surface area contributed by atoms with Crippen molar-refractivity contribution in [2.45, 2.75) is 10.6 Å². The zero-order chi connectivity index (χ0) is 16.8. The largest absolute Gasteiger partial charge is 0.457 e. The monoisotopic (exact) mass is 333 g/mol. The zero-order valence-corrected chi connectivity index (χ0v) is 13.7. The summed E-state index contributed by atoms with van der Waals surface area (Å²) < 4.78 is 18.5. The molecule has 3 aromatic rings. The first-order valence-corrected chi connectivity index (χ1v) is 8.77. The summed E-state index contributed by atoms with van der Waals surface area (Å²) in [6.07, 6.45) is 0. The molecule has 1 atom stereocenters. The highest BCUT2D eigenvalue weighted by atomic mass is 32.2. The molecule has 3 nitrogen and oxygen atoms in total. The van der Waals surface area contributed by atoms with Crippen molar-refractivity contribution >= 4 is 10.8 Å². The molecule has 0 heterocycles. The number of rotatable bonds is 5. The number of benzene rings is 3. The normalized spacial score (nSPS) is 11.5. The number of hydrogen-bond donors (Lipinski definition) is 0. The molecule has 118 valence electrons. The van der Waals surface area contributed by atoms with E-state index in [0.717, 1.165) is 5.56 Å². The van der Waals surface area contributed by atoms with Crippen molar-refractivity contribution in [2.24, 2.45) is 0 Å². The second-order valence-electron chi connectivity index (χ2n) is 5.16. The molecule has 0 bridgehead atoms.